The maximum atomic E-state index is 12.4. The molecule has 0 aromatic heterocycles. The Morgan fingerprint density at radius 3 is 2.28 bits per heavy atom. The molecule has 1 aliphatic carbocycles. The van der Waals surface area contributed by atoms with Crippen LogP contribution in [0.1, 0.15) is 58.4 Å². The van der Waals surface area contributed by atoms with Crippen LogP contribution in [-0.2, 0) is 25.6 Å². The molecule has 29 heavy (non-hydrogen) atoms. The van der Waals surface area contributed by atoms with Crippen molar-refractivity contribution < 1.29 is 23.8 Å². The number of Topliss-reactive ketones (excluding diaryl/α,β-unsaturated/α-hetero) is 1. The number of likely N-dealkylation sites (tertiary alicyclic amines) is 1. The van der Waals surface area contributed by atoms with Crippen molar-refractivity contribution in [3.63, 3.8) is 0 Å². The predicted molar refractivity (Wildman–Crippen MR) is 110 cm³/mol. The maximum absolute atomic E-state index is 12.4. The molecule has 2 fully saturated rings. The number of hydrogen-bond acceptors (Lipinski definition) is 5. The molecule has 160 valence electrons. The number of carbonyl (C=O) groups excluding carboxylic acids is 2. The lowest BCUT2D eigenvalue weighted by atomic mass is 9.95. The molecule has 1 aliphatic heterocycles. The second-order valence-electron chi connectivity index (χ2n) is 8.93. The molecule has 1 saturated heterocycles. The van der Waals surface area contributed by atoms with Gasteiger partial charge in [0.1, 0.15) is 11.6 Å². The fourth-order valence-electron chi connectivity index (χ4n) is 3.83. The predicted octanol–water partition coefficient (Wildman–Crippen LogP) is 4.11. The van der Waals surface area contributed by atoms with E-state index in [4.69, 9.17) is 14.2 Å². The van der Waals surface area contributed by atoms with Gasteiger partial charge in [-0.1, -0.05) is 30.3 Å². The van der Waals surface area contributed by atoms with Crippen LogP contribution in [0.25, 0.3) is 0 Å². The van der Waals surface area contributed by atoms with Gasteiger partial charge in [0.25, 0.3) is 0 Å². The van der Waals surface area contributed by atoms with E-state index in [1.807, 2.05) is 39.0 Å². The van der Waals surface area contributed by atoms with Crippen molar-refractivity contribution in [2.75, 3.05) is 13.2 Å². The van der Waals surface area contributed by atoms with Crippen LogP contribution >= 0.6 is 0 Å². The third-order valence-electron chi connectivity index (χ3n) is 5.41. The largest absolute Gasteiger partial charge is 0.444 e. The van der Waals surface area contributed by atoms with Crippen molar-refractivity contribution >= 4 is 11.9 Å². The lowest BCUT2D eigenvalue weighted by Gasteiger charge is -2.31. The molecule has 6 nitrogen and oxygen atoms in total. The summed E-state index contributed by atoms with van der Waals surface area (Å²) >= 11 is 0. The molecule has 3 rings (SSSR count). The molecule has 1 unspecified atom stereocenters. The summed E-state index contributed by atoms with van der Waals surface area (Å²) in [6.45, 7) is 6.77. The van der Waals surface area contributed by atoms with Gasteiger partial charge in [0, 0.05) is 13.0 Å². The van der Waals surface area contributed by atoms with Gasteiger partial charge in [0.2, 0.25) is 0 Å². The van der Waals surface area contributed by atoms with Crippen molar-refractivity contribution in [3.05, 3.63) is 35.9 Å². The van der Waals surface area contributed by atoms with Crippen LogP contribution in [0, 0.1) is 0 Å². The SMILES string of the molecule is CC(C)(C)OC(=O)N1CCC(=O)C1COC1CCC(OCc2ccccc2)CC1. The fourth-order valence-corrected chi connectivity index (χ4v) is 3.83. The molecule has 1 atom stereocenters. The molecular weight excluding hydrogens is 370 g/mol. The van der Waals surface area contributed by atoms with Crippen molar-refractivity contribution in [2.45, 2.75) is 83.3 Å². The van der Waals surface area contributed by atoms with Gasteiger partial charge in [-0.3, -0.25) is 9.69 Å². The van der Waals surface area contributed by atoms with E-state index >= 15 is 0 Å². The molecular formula is C23H33NO5. The van der Waals surface area contributed by atoms with Gasteiger partial charge in [-0.2, -0.15) is 0 Å². The number of ketones is 1. The van der Waals surface area contributed by atoms with Crippen LogP contribution in [0.3, 0.4) is 0 Å². The summed E-state index contributed by atoms with van der Waals surface area (Å²) in [6, 6.07) is 9.67. The average molecular weight is 404 g/mol. The molecule has 0 N–H and O–H groups in total. The standard InChI is InChI=1S/C23H33NO5/c1-23(2,3)29-22(26)24-14-13-21(25)20(24)16-28-19-11-9-18(10-12-19)27-15-17-7-5-4-6-8-17/h4-8,18-20H,9-16H2,1-3H3. The molecule has 6 heteroatoms. The highest BCUT2D eigenvalue weighted by Gasteiger charge is 2.38. The smallest absolute Gasteiger partial charge is 0.410 e. The highest BCUT2D eigenvalue weighted by molar-refractivity contribution is 5.90. The van der Waals surface area contributed by atoms with Crippen LogP contribution in [-0.4, -0.2) is 53.8 Å². The molecule has 1 aromatic rings. The van der Waals surface area contributed by atoms with E-state index in [0.29, 0.717) is 19.6 Å². The lowest BCUT2D eigenvalue weighted by Crippen LogP contribution is -2.44. The van der Waals surface area contributed by atoms with Gasteiger partial charge in [0.15, 0.2) is 5.78 Å². The Morgan fingerprint density at radius 1 is 1.03 bits per heavy atom. The Morgan fingerprint density at radius 2 is 1.66 bits per heavy atom. The molecule has 2 aliphatic rings. The third-order valence-corrected chi connectivity index (χ3v) is 5.41. The Labute approximate surface area is 173 Å². The van der Waals surface area contributed by atoms with Crippen LogP contribution in [0.2, 0.25) is 0 Å². The van der Waals surface area contributed by atoms with E-state index in [-0.39, 0.29) is 24.6 Å². The summed E-state index contributed by atoms with van der Waals surface area (Å²) in [6.07, 6.45) is 4.02. The monoisotopic (exact) mass is 403 g/mol. The number of rotatable bonds is 6. The molecule has 0 spiro atoms. The Bertz CT molecular complexity index is 676. The van der Waals surface area contributed by atoms with Crippen LogP contribution < -0.4 is 0 Å². The normalized spacial score (nSPS) is 25.3. The van der Waals surface area contributed by atoms with Crippen molar-refractivity contribution in [1.82, 2.24) is 4.90 Å². The van der Waals surface area contributed by atoms with E-state index in [1.165, 1.54) is 10.5 Å². The van der Waals surface area contributed by atoms with E-state index in [1.54, 1.807) is 0 Å². The van der Waals surface area contributed by atoms with Crippen LogP contribution in [0.4, 0.5) is 4.79 Å². The zero-order chi connectivity index (χ0) is 20.9. The second-order valence-corrected chi connectivity index (χ2v) is 8.93. The summed E-state index contributed by atoms with van der Waals surface area (Å²) in [4.78, 5) is 26.1. The molecule has 1 saturated carbocycles. The highest BCUT2D eigenvalue weighted by Crippen LogP contribution is 2.26. The summed E-state index contributed by atoms with van der Waals surface area (Å²) < 4.78 is 17.5. The number of amides is 1. The van der Waals surface area contributed by atoms with Gasteiger partial charge in [-0.25, -0.2) is 4.79 Å². The van der Waals surface area contributed by atoms with Gasteiger partial charge in [-0.15, -0.1) is 0 Å². The maximum Gasteiger partial charge on any atom is 0.410 e. The minimum atomic E-state index is -0.577. The minimum Gasteiger partial charge on any atom is -0.444 e. The fraction of sp³-hybridized carbons (Fsp3) is 0.652. The van der Waals surface area contributed by atoms with E-state index in [2.05, 4.69) is 12.1 Å². The zero-order valence-corrected chi connectivity index (χ0v) is 17.8. The van der Waals surface area contributed by atoms with E-state index < -0.39 is 17.7 Å². The van der Waals surface area contributed by atoms with Crippen LogP contribution in [0.5, 0.6) is 0 Å². The summed E-state index contributed by atoms with van der Waals surface area (Å²) in [5.74, 6) is 0.0516. The van der Waals surface area contributed by atoms with Crippen molar-refractivity contribution in [1.29, 1.82) is 0 Å². The van der Waals surface area contributed by atoms with E-state index in [0.717, 1.165) is 25.7 Å². The molecule has 1 heterocycles. The van der Waals surface area contributed by atoms with Crippen molar-refractivity contribution in [3.8, 4) is 0 Å². The van der Waals surface area contributed by atoms with Gasteiger partial charge >= 0.3 is 6.09 Å². The summed E-state index contributed by atoms with van der Waals surface area (Å²) in [5, 5.41) is 0. The quantitative estimate of drug-likeness (QED) is 0.715. The van der Waals surface area contributed by atoms with Gasteiger partial charge in [-0.05, 0) is 52.0 Å². The summed E-state index contributed by atoms with van der Waals surface area (Å²) in [7, 11) is 0. The Hall–Kier alpha value is -1.92. The zero-order valence-electron chi connectivity index (χ0n) is 17.8. The van der Waals surface area contributed by atoms with Crippen molar-refractivity contribution in [2.24, 2.45) is 0 Å². The number of hydrogen-bond donors (Lipinski definition) is 0. The first-order valence-electron chi connectivity index (χ1n) is 10.6. The number of carbonyl (C=O) groups is 2. The minimum absolute atomic E-state index is 0.0516. The first-order chi connectivity index (χ1) is 13.8. The Balaban J connectivity index is 1.40. The molecule has 0 radical (unpaired) electrons. The van der Waals surface area contributed by atoms with Gasteiger partial charge < -0.3 is 14.2 Å². The second kappa shape index (κ2) is 9.72. The highest BCUT2D eigenvalue weighted by atomic mass is 16.6. The molecule has 1 aromatic carbocycles. The molecule has 1 amide bonds. The topological polar surface area (TPSA) is 65.1 Å². The first kappa shape index (κ1) is 21.8. The summed E-state index contributed by atoms with van der Waals surface area (Å²) in [5.41, 5.74) is 0.611. The van der Waals surface area contributed by atoms with Gasteiger partial charge in [0.05, 0.1) is 25.4 Å². The van der Waals surface area contributed by atoms with E-state index in [9.17, 15) is 9.59 Å². The van der Waals surface area contributed by atoms with Crippen LogP contribution in [0.15, 0.2) is 30.3 Å². The average Bonchev–Trinajstić information content (AvgIpc) is 3.06. The third kappa shape index (κ3) is 6.54. The number of benzene rings is 1. The first-order valence-corrected chi connectivity index (χ1v) is 10.6. The number of nitrogens with zero attached hydrogens (tertiary/aromatic N) is 1. The number of ether oxygens (including phenoxy) is 3. The lowest BCUT2D eigenvalue weighted by molar-refractivity contribution is -0.123. The molecule has 0 bridgehead atoms. The Kier molecular flexibility index (Phi) is 7.30.